The summed E-state index contributed by atoms with van der Waals surface area (Å²) in [6, 6.07) is 9.72. The monoisotopic (exact) mass is 271 g/mol. The SMILES string of the molecule is CCC(N)C(C)c1nc(-c2cc3ccccc3o2)no1. The molecule has 0 aliphatic heterocycles. The second-order valence-corrected chi connectivity index (χ2v) is 4.97. The number of aromatic nitrogens is 2. The molecule has 0 saturated carbocycles. The minimum absolute atomic E-state index is 0.0129. The first kappa shape index (κ1) is 12.9. The van der Waals surface area contributed by atoms with Crippen molar-refractivity contribution in [2.75, 3.05) is 0 Å². The van der Waals surface area contributed by atoms with Crippen LogP contribution in [-0.2, 0) is 0 Å². The lowest BCUT2D eigenvalue weighted by Gasteiger charge is -2.12. The van der Waals surface area contributed by atoms with Crippen molar-refractivity contribution in [1.82, 2.24) is 10.1 Å². The van der Waals surface area contributed by atoms with Gasteiger partial charge in [0.2, 0.25) is 11.7 Å². The Bertz CT molecular complexity index is 684. The first-order chi connectivity index (χ1) is 9.69. The number of furan rings is 1. The number of para-hydroxylation sites is 1. The summed E-state index contributed by atoms with van der Waals surface area (Å²) in [6.45, 7) is 4.03. The third-order valence-electron chi connectivity index (χ3n) is 3.59. The largest absolute Gasteiger partial charge is 0.453 e. The summed E-state index contributed by atoms with van der Waals surface area (Å²) >= 11 is 0. The van der Waals surface area contributed by atoms with E-state index >= 15 is 0 Å². The van der Waals surface area contributed by atoms with Gasteiger partial charge >= 0.3 is 0 Å². The molecule has 0 saturated heterocycles. The van der Waals surface area contributed by atoms with Crippen LogP contribution in [0.25, 0.3) is 22.6 Å². The van der Waals surface area contributed by atoms with Gasteiger partial charge in [0.05, 0.1) is 5.92 Å². The van der Waals surface area contributed by atoms with Crippen molar-refractivity contribution in [3.63, 3.8) is 0 Å². The average Bonchev–Trinajstić information content (AvgIpc) is 3.11. The van der Waals surface area contributed by atoms with Crippen LogP contribution in [0, 0.1) is 0 Å². The molecular formula is C15H17N3O2. The van der Waals surface area contributed by atoms with Gasteiger partial charge in [0.15, 0.2) is 5.76 Å². The van der Waals surface area contributed by atoms with Crippen molar-refractivity contribution in [3.8, 4) is 11.6 Å². The lowest BCUT2D eigenvalue weighted by atomic mass is 10.0. The zero-order valence-electron chi connectivity index (χ0n) is 11.5. The van der Waals surface area contributed by atoms with E-state index < -0.39 is 0 Å². The Morgan fingerprint density at radius 2 is 2.10 bits per heavy atom. The molecule has 0 fully saturated rings. The first-order valence-corrected chi connectivity index (χ1v) is 6.77. The summed E-state index contributed by atoms with van der Waals surface area (Å²) in [6.07, 6.45) is 0.865. The summed E-state index contributed by atoms with van der Waals surface area (Å²) in [7, 11) is 0. The fraction of sp³-hybridized carbons (Fsp3) is 0.333. The molecule has 2 aromatic heterocycles. The summed E-state index contributed by atoms with van der Waals surface area (Å²) in [5.74, 6) is 1.66. The standard InChI is InChI=1S/C15H17N3O2/c1-3-11(16)9(2)15-17-14(18-20-15)13-8-10-6-4-5-7-12(10)19-13/h4-9,11H,3,16H2,1-2H3. The smallest absolute Gasteiger partial charge is 0.238 e. The molecule has 0 aliphatic rings. The number of rotatable bonds is 4. The van der Waals surface area contributed by atoms with Crippen molar-refractivity contribution in [3.05, 3.63) is 36.2 Å². The zero-order chi connectivity index (χ0) is 14.1. The Kier molecular flexibility index (Phi) is 3.28. The van der Waals surface area contributed by atoms with E-state index in [2.05, 4.69) is 10.1 Å². The highest BCUT2D eigenvalue weighted by molar-refractivity contribution is 5.81. The molecule has 2 N–H and O–H groups in total. The summed E-state index contributed by atoms with van der Waals surface area (Å²) in [5, 5.41) is 5.00. The second kappa shape index (κ2) is 5.09. The maximum Gasteiger partial charge on any atom is 0.238 e. The molecule has 104 valence electrons. The number of benzene rings is 1. The Hall–Kier alpha value is -2.14. The van der Waals surface area contributed by atoms with E-state index in [1.165, 1.54) is 0 Å². The van der Waals surface area contributed by atoms with Crippen molar-refractivity contribution in [1.29, 1.82) is 0 Å². The van der Waals surface area contributed by atoms with E-state index in [0.29, 0.717) is 17.5 Å². The van der Waals surface area contributed by atoms with E-state index in [4.69, 9.17) is 14.7 Å². The van der Waals surface area contributed by atoms with Gasteiger partial charge in [-0.3, -0.25) is 0 Å². The lowest BCUT2D eigenvalue weighted by molar-refractivity contribution is 0.339. The molecule has 0 bridgehead atoms. The minimum atomic E-state index is 0.0129. The molecular weight excluding hydrogens is 254 g/mol. The van der Waals surface area contributed by atoms with Gasteiger partial charge in [-0.25, -0.2) is 0 Å². The highest BCUT2D eigenvalue weighted by Crippen LogP contribution is 2.27. The van der Waals surface area contributed by atoms with Gasteiger partial charge in [-0.05, 0) is 18.6 Å². The van der Waals surface area contributed by atoms with Crippen LogP contribution in [0.15, 0.2) is 39.3 Å². The van der Waals surface area contributed by atoms with E-state index in [-0.39, 0.29) is 12.0 Å². The van der Waals surface area contributed by atoms with Gasteiger partial charge in [-0.1, -0.05) is 37.2 Å². The Morgan fingerprint density at radius 3 is 2.85 bits per heavy atom. The van der Waals surface area contributed by atoms with Crippen molar-refractivity contribution < 1.29 is 8.94 Å². The predicted octanol–water partition coefficient (Wildman–Crippen LogP) is 3.32. The molecule has 0 radical (unpaired) electrons. The van der Waals surface area contributed by atoms with Crippen molar-refractivity contribution in [2.24, 2.45) is 5.73 Å². The summed E-state index contributed by atoms with van der Waals surface area (Å²) in [5.41, 5.74) is 6.82. The Morgan fingerprint density at radius 1 is 1.30 bits per heavy atom. The molecule has 3 aromatic rings. The van der Waals surface area contributed by atoms with Crippen LogP contribution in [0.2, 0.25) is 0 Å². The summed E-state index contributed by atoms with van der Waals surface area (Å²) in [4.78, 5) is 4.39. The highest BCUT2D eigenvalue weighted by Gasteiger charge is 2.21. The van der Waals surface area contributed by atoms with Crippen LogP contribution in [0.1, 0.15) is 32.1 Å². The van der Waals surface area contributed by atoms with E-state index in [1.807, 2.05) is 44.2 Å². The normalized spacial score (nSPS) is 14.6. The Balaban J connectivity index is 1.93. The molecule has 20 heavy (non-hydrogen) atoms. The van der Waals surface area contributed by atoms with Gasteiger partial charge < -0.3 is 14.7 Å². The number of fused-ring (bicyclic) bond motifs is 1. The predicted molar refractivity (Wildman–Crippen MR) is 76.2 cm³/mol. The summed E-state index contributed by atoms with van der Waals surface area (Å²) < 4.78 is 11.0. The lowest BCUT2D eigenvalue weighted by Crippen LogP contribution is -2.25. The topological polar surface area (TPSA) is 78.1 Å². The molecule has 5 nitrogen and oxygen atoms in total. The molecule has 5 heteroatoms. The van der Waals surface area contributed by atoms with Crippen molar-refractivity contribution in [2.45, 2.75) is 32.2 Å². The fourth-order valence-electron chi connectivity index (χ4n) is 2.15. The first-order valence-electron chi connectivity index (χ1n) is 6.77. The molecule has 2 heterocycles. The molecule has 0 aliphatic carbocycles. The Labute approximate surface area is 116 Å². The number of nitrogens with zero attached hydrogens (tertiary/aromatic N) is 2. The number of hydrogen-bond acceptors (Lipinski definition) is 5. The third kappa shape index (κ3) is 2.20. The average molecular weight is 271 g/mol. The van der Waals surface area contributed by atoms with Gasteiger partial charge in [-0.15, -0.1) is 0 Å². The van der Waals surface area contributed by atoms with E-state index in [9.17, 15) is 0 Å². The van der Waals surface area contributed by atoms with Crippen LogP contribution >= 0.6 is 0 Å². The zero-order valence-corrected chi connectivity index (χ0v) is 11.5. The molecule has 0 amide bonds. The fourth-order valence-corrected chi connectivity index (χ4v) is 2.15. The van der Waals surface area contributed by atoms with Gasteiger partial charge in [0.25, 0.3) is 0 Å². The molecule has 3 rings (SSSR count). The number of nitrogens with two attached hydrogens (primary N) is 1. The molecule has 2 unspecified atom stereocenters. The quantitative estimate of drug-likeness (QED) is 0.787. The van der Waals surface area contributed by atoms with Gasteiger partial charge in [-0.2, -0.15) is 4.98 Å². The van der Waals surface area contributed by atoms with Crippen LogP contribution < -0.4 is 5.73 Å². The van der Waals surface area contributed by atoms with E-state index in [1.54, 1.807) is 0 Å². The van der Waals surface area contributed by atoms with Crippen LogP contribution in [0.5, 0.6) is 0 Å². The molecule has 1 aromatic carbocycles. The van der Waals surface area contributed by atoms with Crippen LogP contribution in [0.4, 0.5) is 0 Å². The van der Waals surface area contributed by atoms with Crippen LogP contribution in [-0.4, -0.2) is 16.2 Å². The third-order valence-corrected chi connectivity index (χ3v) is 3.59. The second-order valence-electron chi connectivity index (χ2n) is 4.97. The maximum absolute atomic E-state index is 6.01. The molecule has 2 atom stereocenters. The maximum atomic E-state index is 6.01. The van der Waals surface area contributed by atoms with E-state index in [0.717, 1.165) is 17.4 Å². The number of hydrogen-bond donors (Lipinski definition) is 1. The molecule has 0 spiro atoms. The van der Waals surface area contributed by atoms with Crippen LogP contribution in [0.3, 0.4) is 0 Å². The van der Waals surface area contributed by atoms with Gasteiger partial charge in [0, 0.05) is 11.4 Å². The van der Waals surface area contributed by atoms with Gasteiger partial charge in [0.1, 0.15) is 5.58 Å². The minimum Gasteiger partial charge on any atom is -0.453 e. The highest BCUT2D eigenvalue weighted by atomic mass is 16.5. The van der Waals surface area contributed by atoms with Crippen molar-refractivity contribution >= 4 is 11.0 Å².